The molecule has 1 unspecified atom stereocenters. The summed E-state index contributed by atoms with van der Waals surface area (Å²) in [5.74, 6) is -6.73. The number of carboxylic acid groups (broad SMARTS) is 1. The summed E-state index contributed by atoms with van der Waals surface area (Å²) in [6, 6.07) is 4.45. The van der Waals surface area contributed by atoms with Gasteiger partial charge in [-0.1, -0.05) is 26.0 Å². The lowest BCUT2D eigenvalue weighted by Gasteiger charge is -2.33. The zero-order chi connectivity index (χ0) is 23.8. The van der Waals surface area contributed by atoms with Crippen molar-refractivity contribution in [3.05, 3.63) is 35.6 Å². The van der Waals surface area contributed by atoms with Crippen LogP contribution in [0, 0.1) is 23.6 Å². The maximum absolute atomic E-state index is 14.9. The summed E-state index contributed by atoms with van der Waals surface area (Å²) in [5, 5.41) is 9.27. The van der Waals surface area contributed by atoms with Crippen LogP contribution in [-0.2, 0) is 35.2 Å². The molecule has 2 fully saturated rings. The van der Waals surface area contributed by atoms with Gasteiger partial charge in [0.1, 0.15) is 17.4 Å². The molecule has 0 aliphatic heterocycles. The first kappa shape index (κ1) is 24.0. The highest BCUT2D eigenvalue weighted by Crippen LogP contribution is 2.67. The first-order valence-corrected chi connectivity index (χ1v) is 10.1. The van der Waals surface area contributed by atoms with Crippen molar-refractivity contribution in [3.8, 4) is 0 Å². The minimum absolute atomic E-state index is 0.0683. The summed E-state index contributed by atoms with van der Waals surface area (Å²) >= 11 is 0. The molecule has 0 aromatic heterocycles. The minimum atomic E-state index is -2.68. The van der Waals surface area contributed by atoms with Gasteiger partial charge >= 0.3 is 17.9 Å². The van der Waals surface area contributed by atoms with Crippen molar-refractivity contribution >= 4 is 17.9 Å². The number of halogens is 2. The van der Waals surface area contributed by atoms with Gasteiger partial charge in [-0.05, 0) is 30.0 Å². The second-order valence-electron chi connectivity index (χ2n) is 8.54. The number of alkyl halides is 1. The predicted octanol–water partition coefficient (Wildman–Crippen LogP) is 0.878. The van der Waals surface area contributed by atoms with Crippen LogP contribution >= 0.6 is 0 Å². The van der Waals surface area contributed by atoms with E-state index in [4.69, 9.17) is 25.7 Å². The molecular formula is C21H26F2N2O7. The molecule has 176 valence electrons. The Morgan fingerprint density at radius 2 is 1.84 bits per heavy atom. The molecule has 0 amide bonds. The van der Waals surface area contributed by atoms with Gasteiger partial charge in [-0.15, -0.1) is 0 Å². The van der Waals surface area contributed by atoms with Gasteiger partial charge in [0.05, 0.1) is 12.7 Å². The van der Waals surface area contributed by atoms with Crippen LogP contribution in [-0.4, -0.2) is 53.2 Å². The standard InChI is InChI=1S/C21H26F2N2O7/c1-10(2)15(24)17(26)31-9-32-19(29)21(25)14(7-13-16(21)20(13,23)18(27)28)30-8-11-3-5-12(22)6-4-11/h3-6,10,13-16H,7-9,24-25H2,1-2H3,(H,27,28)/t13-,14?,15+,16+,20-,21+/m1/s1. The molecule has 2 aliphatic carbocycles. The maximum Gasteiger partial charge on any atom is 0.342 e. The number of nitrogens with two attached hydrogens (primary N) is 2. The Morgan fingerprint density at radius 3 is 2.41 bits per heavy atom. The summed E-state index contributed by atoms with van der Waals surface area (Å²) in [4.78, 5) is 36.1. The van der Waals surface area contributed by atoms with Crippen LogP contribution in [0.1, 0.15) is 25.8 Å². The van der Waals surface area contributed by atoms with E-state index in [9.17, 15) is 28.3 Å². The summed E-state index contributed by atoms with van der Waals surface area (Å²) < 4.78 is 43.5. The molecule has 1 aromatic rings. The number of hydrogen-bond donors (Lipinski definition) is 3. The monoisotopic (exact) mass is 456 g/mol. The molecule has 0 bridgehead atoms. The van der Waals surface area contributed by atoms with Crippen molar-refractivity contribution in [2.45, 2.75) is 50.2 Å². The van der Waals surface area contributed by atoms with E-state index in [2.05, 4.69) is 0 Å². The fourth-order valence-electron chi connectivity index (χ4n) is 4.21. The van der Waals surface area contributed by atoms with Crippen molar-refractivity contribution in [1.29, 1.82) is 0 Å². The molecule has 32 heavy (non-hydrogen) atoms. The van der Waals surface area contributed by atoms with E-state index in [-0.39, 0.29) is 18.9 Å². The quantitative estimate of drug-likeness (QED) is 0.363. The van der Waals surface area contributed by atoms with E-state index >= 15 is 0 Å². The van der Waals surface area contributed by atoms with E-state index in [0.29, 0.717) is 5.56 Å². The lowest BCUT2D eigenvalue weighted by molar-refractivity contribution is -0.178. The molecule has 0 saturated heterocycles. The number of carbonyl (C=O) groups excluding carboxylic acids is 2. The number of hydrogen-bond acceptors (Lipinski definition) is 8. The smallest absolute Gasteiger partial charge is 0.342 e. The van der Waals surface area contributed by atoms with Crippen LogP contribution in [0.25, 0.3) is 0 Å². The Hall–Kier alpha value is -2.63. The average Bonchev–Trinajstić information content (AvgIpc) is 3.22. The normalized spacial score (nSPS) is 31.7. The first-order valence-electron chi connectivity index (χ1n) is 10.1. The predicted molar refractivity (Wildman–Crippen MR) is 105 cm³/mol. The van der Waals surface area contributed by atoms with E-state index < -0.39 is 65.7 Å². The van der Waals surface area contributed by atoms with Crippen LogP contribution < -0.4 is 11.5 Å². The topological polar surface area (TPSA) is 151 Å². The minimum Gasteiger partial charge on any atom is -0.479 e. The van der Waals surface area contributed by atoms with Gasteiger partial charge in [0.2, 0.25) is 12.5 Å². The van der Waals surface area contributed by atoms with Crippen LogP contribution in [0.4, 0.5) is 8.78 Å². The summed E-state index contributed by atoms with van der Waals surface area (Å²) in [5.41, 5.74) is 7.65. The Bertz CT molecular complexity index is 897. The molecule has 0 spiro atoms. The highest BCUT2D eigenvalue weighted by atomic mass is 19.1. The van der Waals surface area contributed by atoms with E-state index in [1.165, 1.54) is 24.3 Å². The summed E-state index contributed by atoms with van der Waals surface area (Å²) in [7, 11) is 0. The van der Waals surface area contributed by atoms with Gasteiger partial charge in [-0.3, -0.25) is 4.79 Å². The number of benzene rings is 1. The first-order chi connectivity index (χ1) is 14.9. The van der Waals surface area contributed by atoms with Gasteiger partial charge in [-0.25, -0.2) is 18.4 Å². The van der Waals surface area contributed by atoms with E-state index in [1.807, 2.05) is 0 Å². The molecule has 1 aromatic carbocycles. The maximum atomic E-state index is 14.9. The van der Waals surface area contributed by atoms with Crippen molar-refractivity contribution in [2.75, 3.05) is 6.79 Å². The van der Waals surface area contributed by atoms with Gasteiger partial charge in [0.25, 0.3) is 0 Å². The molecule has 2 aliphatic rings. The highest BCUT2D eigenvalue weighted by molar-refractivity contribution is 5.91. The number of esters is 2. The fourth-order valence-corrected chi connectivity index (χ4v) is 4.21. The van der Waals surface area contributed by atoms with Gasteiger partial charge in [0, 0.05) is 11.8 Å². The molecule has 0 radical (unpaired) electrons. The van der Waals surface area contributed by atoms with E-state index in [1.54, 1.807) is 13.8 Å². The molecule has 5 N–H and O–H groups in total. The van der Waals surface area contributed by atoms with Crippen molar-refractivity contribution in [2.24, 2.45) is 29.2 Å². The molecular weight excluding hydrogens is 430 g/mol. The van der Waals surface area contributed by atoms with Gasteiger partial charge in [-0.2, -0.15) is 0 Å². The Labute approximate surface area is 183 Å². The van der Waals surface area contributed by atoms with Crippen LogP contribution in [0.15, 0.2) is 24.3 Å². The third kappa shape index (κ3) is 4.07. The van der Waals surface area contributed by atoms with Crippen molar-refractivity contribution in [3.63, 3.8) is 0 Å². The average molecular weight is 456 g/mol. The van der Waals surface area contributed by atoms with Gasteiger partial charge < -0.3 is 30.8 Å². The zero-order valence-corrected chi connectivity index (χ0v) is 17.6. The molecule has 9 nitrogen and oxygen atoms in total. The lowest BCUT2D eigenvalue weighted by Crippen LogP contribution is -2.61. The second-order valence-corrected chi connectivity index (χ2v) is 8.54. The third-order valence-corrected chi connectivity index (χ3v) is 6.23. The van der Waals surface area contributed by atoms with Crippen molar-refractivity contribution in [1.82, 2.24) is 0 Å². The van der Waals surface area contributed by atoms with Crippen LogP contribution in [0.2, 0.25) is 0 Å². The SMILES string of the molecule is CC(C)[C@H](N)C(=O)OCOC(=O)[C@]1(N)C(OCc2ccc(F)cc2)C[C@@H]2[C@H]1[C@@]2(F)C(=O)O. The molecule has 2 saturated carbocycles. The Morgan fingerprint density at radius 1 is 1.22 bits per heavy atom. The van der Waals surface area contributed by atoms with E-state index in [0.717, 1.165) is 0 Å². The number of fused-ring (bicyclic) bond motifs is 1. The van der Waals surface area contributed by atoms with Crippen LogP contribution in [0.5, 0.6) is 0 Å². The summed E-state index contributed by atoms with van der Waals surface area (Å²) in [6.07, 6.45) is -1.19. The third-order valence-electron chi connectivity index (χ3n) is 6.23. The van der Waals surface area contributed by atoms with Gasteiger partial charge in [0.15, 0.2) is 0 Å². The largest absolute Gasteiger partial charge is 0.479 e. The molecule has 0 heterocycles. The summed E-state index contributed by atoms with van der Waals surface area (Å²) in [6.45, 7) is 2.52. The number of carbonyl (C=O) groups is 3. The number of rotatable bonds is 9. The zero-order valence-electron chi connectivity index (χ0n) is 17.6. The number of aliphatic carboxylic acids is 1. The fraction of sp³-hybridized carbons (Fsp3) is 0.571. The second kappa shape index (κ2) is 8.72. The Balaban J connectivity index is 1.69. The number of carboxylic acids is 1. The van der Waals surface area contributed by atoms with Crippen molar-refractivity contribution < 1.29 is 42.5 Å². The van der Waals surface area contributed by atoms with Crippen LogP contribution in [0.3, 0.4) is 0 Å². The molecule has 6 atom stereocenters. The highest BCUT2D eigenvalue weighted by Gasteiger charge is 2.85. The lowest BCUT2D eigenvalue weighted by atomic mass is 9.87. The Kier molecular flexibility index (Phi) is 6.55. The molecule has 11 heteroatoms. The molecule has 3 rings (SSSR count). The number of ether oxygens (including phenoxy) is 3.